The van der Waals surface area contributed by atoms with Gasteiger partial charge in [-0.1, -0.05) is 0 Å². The normalized spacial score (nSPS) is 16.1. The number of carbonyl (C=O) groups is 2. The van der Waals surface area contributed by atoms with Crippen molar-refractivity contribution in [2.45, 2.75) is 26.2 Å². The fourth-order valence-electron chi connectivity index (χ4n) is 1.44. The van der Waals surface area contributed by atoms with E-state index in [0.717, 1.165) is 0 Å². The van der Waals surface area contributed by atoms with Gasteiger partial charge in [0.25, 0.3) is 0 Å². The fourth-order valence-corrected chi connectivity index (χ4v) is 2.89. The zero-order valence-corrected chi connectivity index (χ0v) is 11.1. The fraction of sp³-hybridized carbons (Fsp3) is 0.800. The van der Waals surface area contributed by atoms with Crippen molar-refractivity contribution >= 4 is 19.2 Å². The first-order valence-corrected chi connectivity index (χ1v) is 7.76. The number of amides is 1. The molecular formula is C10H20NO5P. The first kappa shape index (κ1) is 16.1. The molecule has 6 nitrogen and oxygen atoms in total. The molecule has 1 amide bonds. The van der Waals surface area contributed by atoms with Crippen molar-refractivity contribution in [3.8, 4) is 0 Å². The molecule has 17 heavy (non-hydrogen) atoms. The lowest BCUT2D eigenvalue weighted by Crippen LogP contribution is -2.19. The van der Waals surface area contributed by atoms with Crippen LogP contribution in [0, 0.1) is 5.92 Å². The van der Waals surface area contributed by atoms with Gasteiger partial charge < -0.3 is 15.4 Å². The molecule has 0 saturated heterocycles. The highest BCUT2D eigenvalue weighted by atomic mass is 31.2. The molecule has 0 radical (unpaired) electrons. The Morgan fingerprint density at radius 2 is 2.00 bits per heavy atom. The van der Waals surface area contributed by atoms with E-state index in [1.54, 1.807) is 6.92 Å². The minimum absolute atomic E-state index is 0.0274. The van der Waals surface area contributed by atoms with Crippen molar-refractivity contribution in [2.75, 3.05) is 19.4 Å². The van der Waals surface area contributed by atoms with Crippen LogP contribution < -0.4 is 5.73 Å². The number of rotatable bonds is 9. The van der Waals surface area contributed by atoms with Gasteiger partial charge in [-0.2, -0.15) is 0 Å². The zero-order valence-electron chi connectivity index (χ0n) is 10.2. The molecule has 0 saturated carbocycles. The van der Waals surface area contributed by atoms with Crippen molar-refractivity contribution in [3.63, 3.8) is 0 Å². The van der Waals surface area contributed by atoms with Crippen LogP contribution in [-0.4, -0.2) is 36.4 Å². The molecule has 3 N–H and O–H groups in total. The van der Waals surface area contributed by atoms with Gasteiger partial charge in [-0.05, 0) is 19.8 Å². The van der Waals surface area contributed by atoms with E-state index in [9.17, 15) is 14.2 Å². The minimum atomic E-state index is -2.71. The summed E-state index contributed by atoms with van der Waals surface area (Å²) in [4.78, 5) is 21.5. The maximum atomic E-state index is 11.8. The average Bonchev–Trinajstić information content (AvgIpc) is 2.16. The van der Waals surface area contributed by atoms with Crippen LogP contribution in [0.4, 0.5) is 0 Å². The average molecular weight is 265 g/mol. The summed E-state index contributed by atoms with van der Waals surface area (Å²) < 4.78 is 16.8. The van der Waals surface area contributed by atoms with E-state index >= 15 is 0 Å². The number of carbonyl (C=O) groups excluding carboxylic acids is 1. The second kappa shape index (κ2) is 7.45. The zero-order chi connectivity index (χ0) is 13.5. The molecule has 0 fully saturated rings. The highest BCUT2D eigenvalue weighted by molar-refractivity contribution is 7.58. The molecule has 1 unspecified atom stereocenters. The number of hydrogen-bond acceptors (Lipinski definition) is 4. The number of hydrogen-bond donors (Lipinski definition) is 2. The number of carboxylic acid groups (broad SMARTS) is 1. The molecule has 100 valence electrons. The largest absolute Gasteiger partial charge is 0.481 e. The molecule has 7 heteroatoms. The third kappa shape index (κ3) is 7.94. The van der Waals surface area contributed by atoms with Gasteiger partial charge in [0.05, 0.1) is 12.5 Å². The lowest BCUT2D eigenvalue weighted by Gasteiger charge is -2.15. The van der Waals surface area contributed by atoms with Gasteiger partial charge >= 0.3 is 5.97 Å². The second-order valence-electron chi connectivity index (χ2n) is 3.98. The van der Waals surface area contributed by atoms with Crippen LogP contribution in [0.5, 0.6) is 0 Å². The van der Waals surface area contributed by atoms with Gasteiger partial charge in [-0.3, -0.25) is 14.2 Å². The highest BCUT2D eigenvalue weighted by Crippen LogP contribution is 2.43. The third-order valence-electron chi connectivity index (χ3n) is 2.37. The van der Waals surface area contributed by atoms with Crippen molar-refractivity contribution in [1.29, 1.82) is 0 Å². The predicted octanol–water partition coefficient (Wildman–Crippen LogP) is 1.29. The summed E-state index contributed by atoms with van der Waals surface area (Å²) in [6.45, 7) is 3.56. The molecule has 0 aliphatic rings. The lowest BCUT2D eigenvalue weighted by atomic mass is 10.0. The molecule has 0 aromatic rings. The van der Waals surface area contributed by atoms with Crippen molar-refractivity contribution in [1.82, 2.24) is 0 Å². The lowest BCUT2D eigenvalue weighted by molar-refractivity contribution is -0.142. The summed E-state index contributed by atoms with van der Waals surface area (Å²) in [6, 6.07) is 0. The Hall–Kier alpha value is -0.870. The van der Waals surface area contributed by atoms with E-state index in [2.05, 4.69) is 0 Å². The third-order valence-corrected chi connectivity index (χ3v) is 4.25. The van der Waals surface area contributed by atoms with Gasteiger partial charge in [-0.25, -0.2) is 0 Å². The van der Waals surface area contributed by atoms with E-state index in [-0.39, 0.29) is 25.4 Å². The Morgan fingerprint density at radius 1 is 1.41 bits per heavy atom. The minimum Gasteiger partial charge on any atom is -0.481 e. The summed E-state index contributed by atoms with van der Waals surface area (Å²) in [6.07, 6.45) is 0.642. The summed E-state index contributed by atoms with van der Waals surface area (Å²) in [5.41, 5.74) is 4.96. The Balaban J connectivity index is 4.22. The van der Waals surface area contributed by atoms with Gasteiger partial charge in [0, 0.05) is 19.2 Å². The SMILES string of the molecule is CCOP(C)(=O)CC[C@H](CCC(N)=O)C(=O)O. The Labute approximate surface area is 101 Å². The number of primary amides is 1. The standard InChI is InChI=1S/C10H20NO5P/c1-3-16-17(2,15)7-6-8(10(13)14)4-5-9(11)12/h8H,3-7H2,1-2H3,(H2,11,12)(H,13,14)/t8-,17?/m0/s1. The quantitative estimate of drug-likeness (QED) is 0.611. The maximum absolute atomic E-state index is 11.8. The molecule has 0 aliphatic carbocycles. The van der Waals surface area contributed by atoms with Gasteiger partial charge in [0.15, 0.2) is 7.37 Å². The topological polar surface area (TPSA) is 107 Å². The molecular weight excluding hydrogens is 245 g/mol. The van der Waals surface area contributed by atoms with E-state index in [1.165, 1.54) is 6.66 Å². The van der Waals surface area contributed by atoms with Crippen LogP contribution in [0.2, 0.25) is 0 Å². The number of aliphatic carboxylic acids is 1. The first-order valence-electron chi connectivity index (χ1n) is 5.50. The summed E-state index contributed by atoms with van der Waals surface area (Å²) in [7, 11) is -2.71. The van der Waals surface area contributed by atoms with E-state index < -0.39 is 25.2 Å². The molecule has 0 spiro atoms. The number of carboxylic acids is 1. The summed E-state index contributed by atoms with van der Waals surface area (Å²) in [5.74, 6) is -2.22. The second-order valence-corrected chi connectivity index (χ2v) is 6.72. The monoisotopic (exact) mass is 265 g/mol. The van der Waals surface area contributed by atoms with E-state index in [4.69, 9.17) is 15.4 Å². The van der Waals surface area contributed by atoms with Crippen LogP contribution in [0.15, 0.2) is 0 Å². The molecule has 0 rings (SSSR count). The molecule has 0 aliphatic heterocycles. The van der Waals surface area contributed by atoms with Crippen molar-refractivity contribution in [3.05, 3.63) is 0 Å². The maximum Gasteiger partial charge on any atom is 0.306 e. The molecule has 0 heterocycles. The Morgan fingerprint density at radius 3 is 2.41 bits per heavy atom. The Kier molecular flexibility index (Phi) is 7.07. The summed E-state index contributed by atoms with van der Waals surface area (Å²) >= 11 is 0. The van der Waals surface area contributed by atoms with Crippen LogP contribution in [0.1, 0.15) is 26.2 Å². The van der Waals surface area contributed by atoms with Crippen LogP contribution in [0.25, 0.3) is 0 Å². The van der Waals surface area contributed by atoms with Gasteiger partial charge in [0.1, 0.15) is 0 Å². The van der Waals surface area contributed by atoms with Crippen molar-refractivity contribution < 1.29 is 23.8 Å². The van der Waals surface area contributed by atoms with Crippen LogP contribution in [-0.2, 0) is 18.7 Å². The van der Waals surface area contributed by atoms with E-state index in [1.807, 2.05) is 0 Å². The predicted molar refractivity (Wildman–Crippen MR) is 64.2 cm³/mol. The molecule has 0 aromatic carbocycles. The smallest absolute Gasteiger partial charge is 0.306 e. The molecule has 0 aromatic heterocycles. The molecule has 0 bridgehead atoms. The van der Waals surface area contributed by atoms with Crippen LogP contribution in [0.3, 0.4) is 0 Å². The summed E-state index contributed by atoms with van der Waals surface area (Å²) in [5, 5.41) is 8.93. The van der Waals surface area contributed by atoms with Gasteiger partial charge in [-0.15, -0.1) is 0 Å². The van der Waals surface area contributed by atoms with E-state index in [0.29, 0.717) is 6.61 Å². The van der Waals surface area contributed by atoms with Crippen LogP contribution >= 0.6 is 7.37 Å². The molecule has 2 atom stereocenters. The van der Waals surface area contributed by atoms with Crippen molar-refractivity contribution in [2.24, 2.45) is 11.7 Å². The van der Waals surface area contributed by atoms with Gasteiger partial charge in [0.2, 0.25) is 5.91 Å². The number of nitrogens with two attached hydrogens (primary N) is 1. The first-order chi connectivity index (χ1) is 7.78. The Bertz CT molecular complexity index is 318. The highest BCUT2D eigenvalue weighted by Gasteiger charge is 2.23.